The fourth-order valence-corrected chi connectivity index (χ4v) is 3.82. The number of rotatable bonds is 3. The highest BCUT2D eigenvalue weighted by Crippen LogP contribution is 2.23. The molecular formula is C23H19F2N5O. The third kappa shape index (κ3) is 3.72. The Morgan fingerprint density at radius 2 is 1.74 bits per heavy atom. The maximum atomic E-state index is 14.0. The number of aromatic nitrogens is 3. The smallest absolute Gasteiger partial charge is 0.270 e. The lowest BCUT2D eigenvalue weighted by Gasteiger charge is -2.36. The molecule has 1 fully saturated rings. The number of anilines is 1. The molecule has 3 heterocycles. The molecule has 1 aliphatic rings. The largest absolute Gasteiger partial charge is 0.366 e. The summed E-state index contributed by atoms with van der Waals surface area (Å²) in [5.74, 6) is -0.752. The van der Waals surface area contributed by atoms with Crippen molar-refractivity contribution in [2.45, 2.75) is 0 Å². The van der Waals surface area contributed by atoms with Gasteiger partial charge >= 0.3 is 0 Å². The number of halogens is 2. The molecule has 0 saturated carbocycles. The van der Waals surface area contributed by atoms with Crippen molar-refractivity contribution in [3.05, 3.63) is 78.1 Å². The molecule has 156 valence electrons. The monoisotopic (exact) mass is 419 g/mol. The molecule has 1 amide bonds. The minimum absolute atomic E-state index is 0.140. The summed E-state index contributed by atoms with van der Waals surface area (Å²) >= 11 is 0. The summed E-state index contributed by atoms with van der Waals surface area (Å²) in [5, 5.41) is 0.759. The zero-order valence-electron chi connectivity index (χ0n) is 16.6. The number of fused-ring (bicyclic) bond motifs is 1. The number of piperazine rings is 1. The van der Waals surface area contributed by atoms with E-state index in [-0.39, 0.29) is 5.91 Å². The van der Waals surface area contributed by atoms with Gasteiger partial charge in [-0.2, -0.15) is 0 Å². The summed E-state index contributed by atoms with van der Waals surface area (Å²) in [7, 11) is 0. The van der Waals surface area contributed by atoms with Crippen LogP contribution in [-0.2, 0) is 0 Å². The minimum Gasteiger partial charge on any atom is -0.366 e. The molecule has 6 nitrogen and oxygen atoms in total. The van der Waals surface area contributed by atoms with E-state index >= 15 is 0 Å². The van der Waals surface area contributed by atoms with Crippen LogP contribution in [0.25, 0.3) is 22.4 Å². The molecule has 0 spiro atoms. The molecule has 1 saturated heterocycles. The van der Waals surface area contributed by atoms with Crippen LogP contribution in [0.4, 0.5) is 14.5 Å². The molecule has 1 aliphatic heterocycles. The van der Waals surface area contributed by atoms with Crippen LogP contribution in [0.3, 0.4) is 0 Å². The number of benzene rings is 2. The molecule has 0 bridgehead atoms. The summed E-state index contributed by atoms with van der Waals surface area (Å²) < 4.78 is 27.2. The number of nitrogens with zero attached hydrogens (tertiary/aromatic N) is 4. The van der Waals surface area contributed by atoms with Crippen LogP contribution in [-0.4, -0.2) is 51.9 Å². The predicted octanol–water partition coefficient (Wildman–Crippen LogP) is 3.87. The van der Waals surface area contributed by atoms with Gasteiger partial charge in [-0.3, -0.25) is 4.79 Å². The first-order chi connectivity index (χ1) is 15.1. The second-order valence-corrected chi connectivity index (χ2v) is 7.42. The highest BCUT2D eigenvalue weighted by atomic mass is 19.1. The van der Waals surface area contributed by atoms with E-state index in [0.717, 1.165) is 17.0 Å². The van der Waals surface area contributed by atoms with Crippen LogP contribution in [0, 0.1) is 11.6 Å². The minimum atomic E-state index is -0.604. The molecule has 0 atom stereocenters. The van der Waals surface area contributed by atoms with Gasteiger partial charge in [-0.25, -0.2) is 18.7 Å². The summed E-state index contributed by atoms with van der Waals surface area (Å²) in [6.45, 7) is 1.80. The number of aromatic amines is 1. The van der Waals surface area contributed by atoms with Gasteiger partial charge in [0.1, 0.15) is 23.0 Å². The average Bonchev–Trinajstić information content (AvgIpc) is 3.23. The molecule has 31 heavy (non-hydrogen) atoms. The maximum Gasteiger partial charge on any atom is 0.270 e. The van der Waals surface area contributed by atoms with E-state index in [0.29, 0.717) is 49.0 Å². The van der Waals surface area contributed by atoms with Crippen LogP contribution in [0.15, 0.2) is 60.8 Å². The summed E-state index contributed by atoms with van der Waals surface area (Å²) in [5.41, 5.74) is 2.29. The fraction of sp³-hybridized carbons (Fsp3) is 0.174. The Labute approximate surface area is 177 Å². The van der Waals surface area contributed by atoms with E-state index in [9.17, 15) is 13.6 Å². The van der Waals surface area contributed by atoms with E-state index < -0.39 is 11.6 Å². The average molecular weight is 419 g/mol. The third-order valence-corrected chi connectivity index (χ3v) is 5.45. The highest BCUT2D eigenvalue weighted by Gasteiger charge is 2.25. The van der Waals surface area contributed by atoms with Crippen molar-refractivity contribution >= 4 is 22.6 Å². The van der Waals surface area contributed by atoms with Gasteiger partial charge in [-0.1, -0.05) is 30.3 Å². The Kier molecular flexibility index (Phi) is 4.82. The van der Waals surface area contributed by atoms with Crippen LogP contribution in [0.2, 0.25) is 0 Å². The van der Waals surface area contributed by atoms with Gasteiger partial charge in [0.2, 0.25) is 0 Å². The van der Waals surface area contributed by atoms with Crippen molar-refractivity contribution in [3.63, 3.8) is 0 Å². The van der Waals surface area contributed by atoms with E-state index in [4.69, 9.17) is 0 Å². The molecule has 5 rings (SSSR count). The first kappa shape index (κ1) is 19.2. The molecule has 1 N–H and O–H groups in total. The third-order valence-electron chi connectivity index (χ3n) is 5.45. The Morgan fingerprint density at radius 3 is 2.48 bits per heavy atom. The molecular weight excluding hydrogens is 400 g/mol. The topological polar surface area (TPSA) is 65.1 Å². The van der Waals surface area contributed by atoms with Crippen molar-refractivity contribution < 1.29 is 13.6 Å². The van der Waals surface area contributed by atoms with E-state index in [1.807, 2.05) is 35.2 Å². The standard InChI is InChI=1S/C23H19F2N5O/c24-17-6-7-20(18(25)13-17)29-8-10-30(11-9-29)23(31)19-12-16-14-26-21(28-22(16)27-19)15-4-2-1-3-5-15/h1-7,12-14H,8-11H2,(H,26,27,28). The van der Waals surface area contributed by atoms with Gasteiger partial charge in [-0.15, -0.1) is 0 Å². The van der Waals surface area contributed by atoms with Crippen molar-refractivity contribution in [2.24, 2.45) is 0 Å². The van der Waals surface area contributed by atoms with Crippen LogP contribution >= 0.6 is 0 Å². The van der Waals surface area contributed by atoms with E-state index in [2.05, 4.69) is 15.0 Å². The first-order valence-corrected chi connectivity index (χ1v) is 9.99. The van der Waals surface area contributed by atoms with Crippen LogP contribution in [0.5, 0.6) is 0 Å². The van der Waals surface area contributed by atoms with Crippen molar-refractivity contribution in [2.75, 3.05) is 31.1 Å². The Hall–Kier alpha value is -3.81. The van der Waals surface area contributed by atoms with Crippen molar-refractivity contribution in [3.8, 4) is 11.4 Å². The predicted molar refractivity (Wildman–Crippen MR) is 114 cm³/mol. The molecule has 8 heteroatoms. The number of amides is 1. The van der Waals surface area contributed by atoms with Crippen LogP contribution < -0.4 is 4.90 Å². The Bertz CT molecular complexity index is 1250. The number of nitrogens with one attached hydrogen (secondary N) is 1. The van der Waals surface area contributed by atoms with Gasteiger partial charge < -0.3 is 14.8 Å². The lowest BCUT2D eigenvalue weighted by molar-refractivity contribution is 0.0741. The summed E-state index contributed by atoms with van der Waals surface area (Å²) in [4.78, 5) is 28.6. The number of hydrogen-bond acceptors (Lipinski definition) is 4. The maximum absolute atomic E-state index is 14.0. The van der Waals surface area contributed by atoms with Gasteiger partial charge in [0.25, 0.3) is 5.91 Å². The van der Waals surface area contributed by atoms with Gasteiger partial charge in [0, 0.05) is 49.4 Å². The summed E-state index contributed by atoms with van der Waals surface area (Å²) in [6.07, 6.45) is 1.70. The molecule has 2 aromatic carbocycles. The number of carbonyl (C=O) groups is 1. The van der Waals surface area contributed by atoms with Crippen molar-refractivity contribution in [1.29, 1.82) is 0 Å². The van der Waals surface area contributed by atoms with Crippen molar-refractivity contribution in [1.82, 2.24) is 19.9 Å². The quantitative estimate of drug-likeness (QED) is 0.548. The zero-order valence-corrected chi connectivity index (χ0v) is 16.6. The first-order valence-electron chi connectivity index (χ1n) is 9.99. The second-order valence-electron chi connectivity index (χ2n) is 7.42. The Balaban J connectivity index is 1.31. The number of carbonyl (C=O) groups excluding carboxylic acids is 1. The molecule has 0 aliphatic carbocycles. The number of hydrogen-bond donors (Lipinski definition) is 1. The molecule has 2 aromatic heterocycles. The van der Waals surface area contributed by atoms with E-state index in [1.165, 1.54) is 12.1 Å². The van der Waals surface area contributed by atoms with Crippen LogP contribution in [0.1, 0.15) is 10.5 Å². The fourth-order valence-electron chi connectivity index (χ4n) is 3.82. The summed E-state index contributed by atoms with van der Waals surface area (Å²) in [6, 6.07) is 14.9. The number of H-pyrrole nitrogens is 1. The molecule has 0 radical (unpaired) electrons. The van der Waals surface area contributed by atoms with E-state index in [1.54, 1.807) is 17.2 Å². The second kappa shape index (κ2) is 7.79. The lowest BCUT2D eigenvalue weighted by atomic mass is 10.2. The molecule has 0 unspecified atom stereocenters. The zero-order chi connectivity index (χ0) is 21.4. The molecule has 4 aromatic rings. The van der Waals surface area contributed by atoms with Gasteiger partial charge in [0.05, 0.1) is 5.69 Å². The van der Waals surface area contributed by atoms with Gasteiger partial charge in [0.15, 0.2) is 5.82 Å². The Morgan fingerprint density at radius 1 is 0.968 bits per heavy atom. The SMILES string of the molecule is O=C(c1cc2cnc(-c3ccccc3)nc2[nH]1)N1CCN(c2ccc(F)cc2F)CC1. The lowest BCUT2D eigenvalue weighted by Crippen LogP contribution is -2.49. The normalized spacial score (nSPS) is 14.3. The van der Waals surface area contributed by atoms with Gasteiger partial charge in [-0.05, 0) is 18.2 Å². The highest BCUT2D eigenvalue weighted by molar-refractivity contribution is 5.97.